The van der Waals surface area contributed by atoms with Gasteiger partial charge >= 0.3 is 0 Å². The van der Waals surface area contributed by atoms with Gasteiger partial charge in [-0.2, -0.15) is 0 Å². The van der Waals surface area contributed by atoms with E-state index in [0.29, 0.717) is 5.56 Å². The quantitative estimate of drug-likeness (QED) is 0.832. The van der Waals surface area contributed by atoms with Gasteiger partial charge in [0.05, 0.1) is 11.7 Å². The Morgan fingerprint density at radius 2 is 1.94 bits per heavy atom. The minimum absolute atomic E-state index is 0.0675. The summed E-state index contributed by atoms with van der Waals surface area (Å²) in [5, 5.41) is 13.3. The van der Waals surface area contributed by atoms with Crippen LogP contribution in [0.2, 0.25) is 0 Å². The molecule has 1 heterocycles. The largest absolute Gasteiger partial charge is 0.388 e. The lowest BCUT2D eigenvalue weighted by Gasteiger charge is -2.28. The smallest absolute Gasteiger partial charge is 0.134 e. The molecule has 0 saturated carbocycles. The Morgan fingerprint density at radius 3 is 2.59 bits per heavy atom. The summed E-state index contributed by atoms with van der Waals surface area (Å²) in [6, 6.07) is 2.61. The fraction of sp³-hybridized carbons (Fsp3) is 0.538. The molecule has 1 unspecified atom stereocenters. The molecule has 1 aromatic rings. The van der Waals surface area contributed by atoms with Crippen molar-refractivity contribution in [2.75, 3.05) is 13.1 Å². The molecule has 2 N–H and O–H groups in total. The van der Waals surface area contributed by atoms with Crippen LogP contribution in [-0.4, -0.2) is 18.2 Å². The molecular formula is C13H17F2NO. The first-order valence-corrected chi connectivity index (χ1v) is 5.94. The number of hydrogen-bond donors (Lipinski definition) is 2. The van der Waals surface area contributed by atoms with E-state index < -0.39 is 17.7 Å². The molecule has 1 aliphatic rings. The van der Waals surface area contributed by atoms with E-state index in [2.05, 4.69) is 5.32 Å². The molecule has 1 aliphatic heterocycles. The molecule has 1 aromatic carbocycles. The van der Waals surface area contributed by atoms with Crippen LogP contribution in [0.3, 0.4) is 0 Å². The first kappa shape index (κ1) is 12.5. The van der Waals surface area contributed by atoms with Crippen molar-refractivity contribution in [1.82, 2.24) is 5.32 Å². The standard InChI is InChI=1S/C13H17F2NO/c1-8-2-3-10(14)11(12(8)15)13(17)9-4-6-16-7-5-9/h2-3,9,13,16-17H,4-7H2,1H3. The van der Waals surface area contributed by atoms with Crippen LogP contribution in [0.5, 0.6) is 0 Å². The van der Waals surface area contributed by atoms with Crippen molar-refractivity contribution in [2.45, 2.75) is 25.9 Å². The normalized spacial score (nSPS) is 19.3. The number of aliphatic hydroxyl groups is 1. The lowest BCUT2D eigenvalue weighted by molar-refractivity contribution is 0.0819. The minimum Gasteiger partial charge on any atom is -0.388 e. The van der Waals surface area contributed by atoms with Crippen LogP contribution in [0, 0.1) is 24.5 Å². The minimum atomic E-state index is -1.04. The molecule has 4 heteroatoms. The fourth-order valence-electron chi connectivity index (χ4n) is 2.35. The Hall–Kier alpha value is -1.00. The average molecular weight is 241 g/mol. The predicted octanol–water partition coefficient (Wildman–Crippen LogP) is 2.31. The summed E-state index contributed by atoms with van der Waals surface area (Å²) in [7, 11) is 0. The van der Waals surface area contributed by atoms with Gasteiger partial charge < -0.3 is 10.4 Å². The Bertz CT molecular complexity index is 403. The highest BCUT2D eigenvalue weighted by Crippen LogP contribution is 2.32. The van der Waals surface area contributed by atoms with Gasteiger partial charge in [-0.1, -0.05) is 6.07 Å². The van der Waals surface area contributed by atoms with Crippen molar-refractivity contribution in [1.29, 1.82) is 0 Å². The first-order valence-electron chi connectivity index (χ1n) is 5.94. The first-order chi connectivity index (χ1) is 8.11. The molecule has 1 atom stereocenters. The van der Waals surface area contributed by atoms with Gasteiger partial charge in [0.25, 0.3) is 0 Å². The van der Waals surface area contributed by atoms with Gasteiger partial charge in [-0.05, 0) is 50.4 Å². The third kappa shape index (κ3) is 2.48. The second kappa shape index (κ2) is 5.10. The van der Waals surface area contributed by atoms with Gasteiger partial charge in [0.2, 0.25) is 0 Å². The topological polar surface area (TPSA) is 32.3 Å². The number of hydrogen-bond acceptors (Lipinski definition) is 2. The highest BCUT2D eigenvalue weighted by Gasteiger charge is 2.28. The summed E-state index contributed by atoms with van der Waals surface area (Å²) in [5.41, 5.74) is 0.200. The number of piperidine rings is 1. The molecule has 0 spiro atoms. The maximum absolute atomic E-state index is 13.9. The van der Waals surface area contributed by atoms with Crippen LogP contribution < -0.4 is 5.32 Å². The van der Waals surface area contributed by atoms with Crippen molar-refractivity contribution in [2.24, 2.45) is 5.92 Å². The molecule has 17 heavy (non-hydrogen) atoms. The molecule has 0 bridgehead atoms. The van der Waals surface area contributed by atoms with Gasteiger partial charge in [0.15, 0.2) is 0 Å². The zero-order chi connectivity index (χ0) is 12.4. The summed E-state index contributed by atoms with van der Waals surface area (Å²) >= 11 is 0. The Kier molecular flexibility index (Phi) is 3.74. The number of nitrogens with one attached hydrogen (secondary N) is 1. The van der Waals surface area contributed by atoms with Gasteiger partial charge in [0.1, 0.15) is 11.6 Å². The van der Waals surface area contributed by atoms with Gasteiger partial charge in [0, 0.05) is 0 Å². The zero-order valence-electron chi connectivity index (χ0n) is 9.84. The van der Waals surface area contributed by atoms with Crippen LogP contribution in [0.4, 0.5) is 8.78 Å². The molecule has 1 fully saturated rings. The van der Waals surface area contributed by atoms with E-state index in [9.17, 15) is 13.9 Å². The molecule has 2 nitrogen and oxygen atoms in total. The van der Waals surface area contributed by atoms with Crippen molar-refractivity contribution in [3.8, 4) is 0 Å². The van der Waals surface area contributed by atoms with Crippen LogP contribution >= 0.6 is 0 Å². The third-order valence-electron chi connectivity index (χ3n) is 3.45. The van der Waals surface area contributed by atoms with Crippen LogP contribution in [0.25, 0.3) is 0 Å². The number of aliphatic hydroxyl groups excluding tert-OH is 1. The molecule has 0 aliphatic carbocycles. The second-order valence-corrected chi connectivity index (χ2v) is 4.62. The maximum Gasteiger partial charge on any atom is 0.134 e. The van der Waals surface area contributed by atoms with Gasteiger partial charge in [-0.25, -0.2) is 8.78 Å². The molecule has 2 rings (SSSR count). The molecule has 94 valence electrons. The van der Waals surface area contributed by atoms with Gasteiger partial charge in [-0.15, -0.1) is 0 Å². The number of aryl methyl sites for hydroxylation is 1. The van der Waals surface area contributed by atoms with Crippen LogP contribution in [0.1, 0.15) is 30.1 Å². The highest BCUT2D eigenvalue weighted by atomic mass is 19.1. The summed E-state index contributed by atoms with van der Waals surface area (Å²) in [6.45, 7) is 3.15. The van der Waals surface area contributed by atoms with Crippen molar-refractivity contribution in [3.63, 3.8) is 0 Å². The Labute approximate surface area is 99.7 Å². The van der Waals surface area contributed by atoms with Crippen LogP contribution in [0.15, 0.2) is 12.1 Å². The number of benzene rings is 1. The Morgan fingerprint density at radius 1 is 1.29 bits per heavy atom. The van der Waals surface area contributed by atoms with Crippen molar-refractivity contribution in [3.05, 3.63) is 34.9 Å². The molecule has 0 aromatic heterocycles. The highest BCUT2D eigenvalue weighted by molar-refractivity contribution is 5.28. The van der Waals surface area contributed by atoms with E-state index in [0.717, 1.165) is 25.9 Å². The predicted molar refractivity (Wildman–Crippen MR) is 61.6 cm³/mol. The van der Waals surface area contributed by atoms with E-state index in [1.165, 1.54) is 12.1 Å². The Balaban J connectivity index is 2.29. The fourth-order valence-corrected chi connectivity index (χ4v) is 2.35. The molecular weight excluding hydrogens is 224 g/mol. The van der Waals surface area contributed by atoms with Crippen molar-refractivity contribution < 1.29 is 13.9 Å². The summed E-state index contributed by atoms with van der Waals surface area (Å²) in [5.74, 6) is -1.34. The maximum atomic E-state index is 13.9. The zero-order valence-corrected chi connectivity index (χ0v) is 9.84. The van der Waals surface area contributed by atoms with E-state index in [4.69, 9.17) is 0 Å². The van der Waals surface area contributed by atoms with Gasteiger partial charge in [-0.3, -0.25) is 0 Å². The number of halogens is 2. The summed E-state index contributed by atoms with van der Waals surface area (Å²) < 4.78 is 27.5. The summed E-state index contributed by atoms with van der Waals surface area (Å²) in [4.78, 5) is 0. The second-order valence-electron chi connectivity index (χ2n) is 4.62. The monoisotopic (exact) mass is 241 g/mol. The van der Waals surface area contributed by atoms with Crippen LogP contribution in [-0.2, 0) is 0 Å². The SMILES string of the molecule is Cc1ccc(F)c(C(O)C2CCNCC2)c1F. The lowest BCUT2D eigenvalue weighted by Crippen LogP contribution is -2.31. The van der Waals surface area contributed by atoms with E-state index in [1.54, 1.807) is 6.92 Å². The van der Waals surface area contributed by atoms with E-state index in [1.807, 2.05) is 0 Å². The van der Waals surface area contributed by atoms with Crippen molar-refractivity contribution >= 4 is 0 Å². The lowest BCUT2D eigenvalue weighted by atomic mass is 9.87. The summed E-state index contributed by atoms with van der Waals surface area (Å²) in [6.07, 6.45) is 0.444. The van der Waals surface area contributed by atoms with E-state index in [-0.39, 0.29) is 11.5 Å². The molecule has 0 amide bonds. The molecule has 1 saturated heterocycles. The third-order valence-corrected chi connectivity index (χ3v) is 3.45. The molecule has 0 radical (unpaired) electrons. The van der Waals surface area contributed by atoms with E-state index >= 15 is 0 Å². The number of rotatable bonds is 2. The average Bonchev–Trinajstić information content (AvgIpc) is 2.35.